The lowest BCUT2D eigenvalue weighted by Crippen LogP contribution is -2.45. The van der Waals surface area contributed by atoms with Crippen molar-refractivity contribution in [1.29, 1.82) is 0 Å². The molecule has 0 saturated carbocycles. The molecule has 0 spiro atoms. The summed E-state index contributed by atoms with van der Waals surface area (Å²) in [5.41, 5.74) is 2.88. The van der Waals surface area contributed by atoms with Crippen LogP contribution in [-0.4, -0.2) is 35.3 Å². The van der Waals surface area contributed by atoms with Gasteiger partial charge >= 0.3 is 6.03 Å². The molecule has 0 radical (unpaired) electrons. The third-order valence-corrected chi connectivity index (χ3v) is 4.65. The van der Waals surface area contributed by atoms with Crippen LogP contribution in [0.15, 0.2) is 48.5 Å². The summed E-state index contributed by atoms with van der Waals surface area (Å²) in [7, 11) is 0. The predicted octanol–water partition coefficient (Wildman–Crippen LogP) is 3.59. The molecule has 1 aliphatic rings. The van der Waals surface area contributed by atoms with Crippen LogP contribution in [0.4, 0.5) is 21.9 Å². The number of benzene rings is 2. The van der Waals surface area contributed by atoms with Crippen molar-refractivity contribution in [2.75, 3.05) is 22.5 Å². The maximum absolute atomic E-state index is 12.8. The highest BCUT2D eigenvalue weighted by Gasteiger charge is 2.34. The lowest BCUT2D eigenvalue weighted by molar-refractivity contribution is -0.119. The molecule has 7 heteroatoms. The summed E-state index contributed by atoms with van der Waals surface area (Å²) in [4.78, 5) is 38.2. The molecule has 1 atom stereocenters. The SMILES string of the molecule is CC(=O)Nc1cccc(NC(=O)[C@@H]2CCCN2C(=O)Nc2ccccc2C)c1. The van der Waals surface area contributed by atoms with E-state index in [4.69, 9.17) is 0 Å². The van der Waals surface area contributed by atoms with Gasteiger partial charge in [0, 0.05) is 30.5 Å². The highest BCUT2D eigenvalue weighted by Crippen LogP contribution is 2.23. The number of carbonyl (C=O) groups is 3. The summed E-state index contributed by atoms with van der Waals surface area (Å²) in [6.07, 6.45) is 1.38. The zero-order chi connectivity index (χ0) is 20.1. The van der Waals surface area contributed by atoms with E-state index in [1.165, 1.54) is 6.92 Å². The van der Waals surface area contributed by atoms with Gasteiger partial charge in [0.25, 0.3) is 0 Å². The Balaban J connectivity index is 1.67. The maximum Gasteiger partial charge on any atom is 0.322 e. The first-order valence-corrected chi connectivity index (χ1v) is 9.26. The number of nitrogens with zero attached hydrogens (tertiary/aromatic N) is 1. The molecule has 0 aromatic heterocycles. The number of aryl methyl sites for hydroxylation is 1. The molecule has 0 bridgehead atoms. The molecule has 2 aromatic rings. The number of rotatable bonds is 4. The number of carbonyl (C=O) groups excluding carboxylic acids is 3. The second kappa shape index (κ2) is 8.56. The van der Waals surface area contributed by atoms with Crippen molar-refractivity contribution in [2.24, 2.45) is 0 Å². The molecule has 28 heavy (non-hydrogen) atoms. The number of nitrogens with one attached hydrogen (secondary N) is 3. The minimum atomic E-state index is -0.534. The van der Waals surface area contributed by atoms with Gasteiger partial charge in [0.05, 0.1) is 0 Å². The normalized spacial score (nSPS) is 15.8. The van der Waals surface area contributed by atoms with Crippen LogP contribution in [0.25, 0.3) is 0 Å². The van der Waals surface area contributed by atoms with Gasteiger partial charge in [-0.15, -0.1) is 0 Å². The fourth-order valence-electron chi connectivity index (χ4n) is 3.29. The van der Waals surface area contributed by atoms with Crippen molar-refractivity contribution in [3.63, 3.8) is 0 Å². The van der Waals surface area contributed by atoms with Crippen LogP contribution in [0.1, 0.15) is 25.3 Å². The van der Waals surface area contributed by atoms with E-state index in [0.29, 0.717) is 24.3 Å². The topological polar surface area (TPSA) is 90.5 Å². The number of anilines is 3. The molecule has 146 valence electrons. The summed E-state index contributed by atoms with van der Waals surface area (Å²) >= 11 is 0. The van der Waals surface area contributed by atoms with Gasteiger partial charge in [-0.1, -0.05) is 24.3 Å². The van der Waals surface area contributed by atoms with E-state index in [2.05, 4.69) is 16.0 Å². The predicted molar refractivity (Wildman–Crippen MR) is 109 cm³/mol. The number of hydrogen-bond acceptors (Lipinski definition) is 3. The van der Waals surface area contributed by atoms with Gasteiger partial charge in [-0.3, -0.25) is 9.59 Å². The van der Waals surface area contributed by atoms with E-state index in [-0.39, 0.29) is 17.8 Å². The van der Waals surface area contributed by atoms with Crippen molar-refractivity contribution in [1.82, 2.24) is 4.90 Å². The van der Waals surface area contributed by atoms with E-state index in [1.807, 2.05) is 31.2 Å². The zero-order valence-electron chi connectivity index (χ0n) is 16.0. The molecular weight excluding hydrogens is 356 g/mol. The van der Waals surface area contributed by atoms with Crippen molar-refractivity contribution in [3.8, 4) is 0 Å². The Labute approximate surface area is 164 Å². The lowest BCUT2D eigenvalue weighted by Gasteiger charge is -2.24. The van der Waals surface area contributed by atoms with Crippen molar-refractivity contribution < 1.29 is 14.4 Å². The first kappa shape index (κ1) is 19.4. The third kappa shape index (κ3) is 4.68. The largest absolute Gasteiger partial charge is 0.326 e. The molecule has 1 fully saturated rings. The molecule has 2 aromatic carbocycles. The number of urea groups is 1. The van der Waals surface area contributed by atoms with Crippen LogP contribution >= 0.6 is 0 Å². The van der Waals surface area contributed by atoms with Crippen molar-refractivity contribution >= 4 is 34.9 Å². The molecule has 1 aliphatic heterocycles. The summed E-state index contributed by atoms with van der Waals surface area (Å²) < 4.78 is 0. The number of hydrogen-bond donors (Lipinski definition) is 3. The Kier molecular flexibility index (Phi) is 5.93. The lowest BCUT2D eigenvalue weighted by atomic mass is 10.2. The molecule has 1 saturated heterocycles. The fraction of sp³-hybridized carbons (Fsp3) is 0.286. The zero-order valence-corrected chi connectivity index (χ0v) is 16.0. The van der Waals surface area contributed by atoms with Crippen molar-refractivity contribution in [3.05, 3.63) is 54.1 Å². The van der Waals surface area contributed by atoms with E-state index in [1.54, 1.807) is 29.2 Å². The second-order valence-electron chi connectivity index (χ2n) is 6.85. The maximum atomic E-state index is 12.8. The van der Waals surface area contributed by atoms with Crippen LogP contribution < -0.4 is 16.0 Å². The number of likely N-dealkylation sites (tertiary alicyclic amines) is 1. The molecule has 1 heterocycles. The highest BCUT2D eigenvalue weighted by molar-refractivity contribution is 6.00. The van der Waals surface area contributed by atoms with Crippen LogP contribution in [0.2, 0.25) is 0 Å². The second-order valence-corrected chi connectivity index (χ2v) is 6.85. The summed E-state index contributed by atoms with van der Waals surface area (Å²) in [5, 5.41) is 8.42. The van der Waals surface area contributed by atoms with Gasteiger partial charge in [0.15, 0.2) is 0 Å². The Bertz CT molecular complexity index is 897. The Hall–Kier alpha value is -3.35. The third-order valence-electron chi connectivity index (χ3n) is 4.65. The smallest absolute Gasteiger partial charge is 0.322 e. The first-order valence-electron chi connectivity index (χ1n) is 9.26. The van der Waals surface area contributed by atoms with Crippen LogP contribution in [0, 0.1) is 6.92 Å². The first-order chi connectivity index (χ1) is 13.4. The molecule has 0 unspecified atom stereocenters. The average Bonchev–Trinajstić information content (AvgIpc) is 3.13. The van der Waals surface area contributed by atoms with Crippen LogP contribution in [0.3, 0.4) is 0 Å². The van der Waals surface area contributed by atoms with E-state index in [0.717, 1.165) is 17.7 Å². The summed E-state index contributed by atoms with van der Waals surface area (Å²) in [6, 6.07) is 13.6. The van der Waals surface area contributed by atoms with Gasteiger partial charge in [-0.05, 0) is 49.6 Å². The average molecular weight is 380 g/mol. The fourth-order valence-corrected chi connectivity index (χ4v) is 3.29. The quantitative estimate of drug-likeness (QED) is 0.757. The van der Waals surface area contributed by atoms with E-state index >= 15 is 0 Å². The van der Waals surface area contributed by atoms with Gasteiger partial charge in [-0.2, -0.15) is 0 Å². The van der Waals surface area contributed by atoms with Gasteiger partial charge in [-0.25, -0.2) is 4.79 Å². The number of amides is 4. The number of para-hydroxylation sites is 1. The Morgan fingerprint density at radius 3 is 2.39 bits per heavy atom. The molecule has 7 nitrogen and oxygen atoms in total. The molecule has 4 amide bonds. The van der Waals surface area contributed by atoms with E-state index < -0.39 is 6.04 Å². The minimum Gasteiger partial charge on any atom is -0.326 e. The highest BCUT2D eigenvalue weighted by atomic mass is 16.2. The van der Waals surface area contributed by atoms with Crippen LogP contribution in [0.5, 0.6) is 0 Å². The Morgan fingerprint density at radius 1 is 0.964 bits per heavy atom. The molecule has 0 aliphatic carbocycles. The Morgan fingerprint density at radius 2 is 1.68 bits per heavy atom. The molecular formula is C21H24N4O3. The van der Waals surface area contributed by atoms with Crippen molar-refractivity contribution in [2.45, 2.75) is 32.7 Å². The standard InChI is InChI=1S/C21H24N4O3/c1-14-7-3-4-10-18(14)24-21(28)25-12-6-11-19(25)20(27)23-17-9-5-8-16(13-17)22-15(2)26/h3-5,7-10,13,19H,6,11-12H2,1-2H3,(H,22,26)(H,23,27)(H,24,28)/t19-/m0/s1. The summed E-state index contributed by atoms with van der Waals surface area (Å²) in [5.74, 6) is -0.421. The minimum absolute atomic E-state index is 0.182. The molecule has 3 N–H and O–H groups in total. The van der Waals surface area contributed by atoms with Crippen LogP contribution in [-0.2, 0) is 9.59 Å². The van der Waals surface area contributed by atoms with E-state index in [9.17, 15) is 14.4 Å². The molecule has 3 rings (SSSR count). The monoisotopic (exact) mass is 380 g/mol. The summed E-state index contributed by atoms with van der Waals surface area (Å²) in [6.45, 7) is 3.88. The van der Waals surface area contributed by atoms with Gasteiger partial charge in [0.2, 0.25) is 11.8 Å². The van der Waals surface area contributed by atoms with Gasteiger partial charge in [0.1, 0.15) is 6.04 Å². The van der Waals surface area contributed by atoms with Gasteiger partial charge < -0.3 is 20.9 Å².